The molecule has 1 amide bonds. The average Bonchev–Trinajstić information content (AvgIpc) is 2.14. The predicted molar refractivity (Wildman–Crippen MR) is 74.4 cm³/mol. The second-order valence-corrected chi connectivity index (χ2v) is 7.40. The van der Waals surface area contributed by atoms with Crippen LogP contribution in [0.15, 0.2) is 0 Å². The zero-order valence-corrected chi connectivity index (χ0v) is 12.6. The molecule has 2 aliphatic carbocycles. The zero-order valence-electron chi connectivity index (χ0n) is 12.6. The lowest BCUT2D eigenvalue weighted by Gasteiger charge is -2.54. The molecular weight excluding hydrogens is 258 g/mol. The van der Waals surface area contributed by atoms with Crippen LogP contribution >= 0.6 is 0 Å². The molecule has 114 valence electrons. The van der Waals surface area contributed by atoms with Gasteiger partial charge >= 0.3 is 12.1 Å². The van der Waals surface area contributed by atoms with Crippen LogP contribution in [-0.4, -0.2) is 28.8 Å². The molecule has 1 atom stereocenters. The van der Waals surface area contributed by atoms with Crippen LogP contribution in [0.5, 0.6) is 0 Å². The molecule has 1 spiro atoms. The number of amides is 1. The van der Waals surface area contributed by atoms with E-state index in [9.17, 15) is 14.7 Å². The molecule has 0 aromatic heterocycles. The molecule has 0 unspecified atom stereocenters. The monoisotopic (exact) mass is 283 g/mol. The lowest BCUT2D eigenvalue weighted by atomic mass is 9.51. The minimum absolute atomic E-state index is 0.423. The van der Waals surface area contributed by atoms with E-state index in [4.69, 9.17) is 4.74 Å². The Kier molecular flexibility index (Phi) is 3.98. The van der Waals surface area contributed by atoms with Crippen molar-refractivity contribution < 1.29 is 19.4 Å². The molecule has 5 heteroatoms. The van der Waals surface area contributed by atoms with E-state index in [1.165, 1.54) is 19.3 Å². The number of rotatable bonds is 4. The lowest BCUT2D eigenvalue weighted by molar-refractivity contribution is -0.141. The molecule has 2 N–H and O–H groups in total. The standard InChI is InChI=1S/C15H25NO4/c1-14(2,3)20-13(19)16-11(12(17)18)7-10-8-15(9-10)5-4-6-15/h10-11H,4-9H2,1-3H3,(H,16,19)(H,17,18)/t11-/m0/s1. The second-order valence-electron chi connectivity index (χ2n) is 7.40. The number of carboxylic acids is 1. The smallest absolute Gasteiger partial charge is 0.408 e. The summed E-state index contributed by atoms with van der Waals surface area (Å²) < 4.78 is 5.11. The van der Waals surface area contributed by atoms with Crippen LogP contribution in [0.4, 0.5) is 4.79 Å². The van der Waals surface area contributed by atoms with Gasteiger partial charge in [0.25, 0.3) is 0 Å². The minimum Gasteiger partial charge on any atom is -0.480 e. The zero-order chi connectivity index (χ0) is 15.0. The van der Waals surface area contributed by atoms with Crippen molar-refractivity contribution in [2.24, 2.45) is 11.3 Å². The topological polar surface area (TPSA) is 75.6 Å². The number of hydrogen-bond acceptors (Lipinski definition) is 3. The number of carbonyl (C=O) groups excluding carboxylic acids is 1. The van der Waals surface area contributed by atoms with Gasteiger partial charge in [-0.1, -0.05) is 6.42 Å². The van der Waals surface area contributed by atoms with Gasteiger partial charge < -0.3 is 15.2 Å². The first-order valence-corrected chi connectivity index (χ1v) is 7.41. The number of alkyl carbamates (subject to hydrolysis) is 1. The molecule has 20 heavy (non-hydrogen) atoms. The maximum absolute atomic E-state index is 11.7. The third-order valence-corrected chi connectivity index (χ3v) is 4.42. The van der Waals surface area contributed by atoms with Crippen molar-refractivity contribution >= 4 is 12.1 Å². The summed E-state index contributed by atoms with van der Waals surface area (Å²) in [6.45, 7) is 5.28. The van der Waals surface area contributed by atoms with E-state index in [0.717, 1.165) is 12.8 Å². The molecule has 2 aliphatic rings. The molecule has 2 rings (SSSR count). The Morgan fingerprint density at radius 3 is 2.35 bits per heavy atom. The van der Waals surface area contributed by atoms with Crippen LogP contribution < -0.4 is 5.32 Å². The van der Waals surface area contributed by atoms with Gasteiger partial charge in [0, 0.05) is 0 Å². The third kappa shape index (κ3) is 3.64. The molecule has 0 aromatic carbocycles. The van der Waals surface area contributed by atoms with Crippen molar-refractivity contribution in [3.05, 3.63) is 0 Å². The van der Waals surface area contributed by atoms with Gasteiger partial charge in [-0.25, -0.2) is 9.59 Å². The Bertz CT molecular complexity index is 387. The van der Waals surface area contributed by atoms with Gasteiger partial charge in [0.15, 0.2) is 0 Å². The number of carbonyl (C=O) groups is 2. The highest BCUT2D eigenvalue weighted by atomic mass is 16.6. The summed E-state index contributed by atoms with van der Waals surface area (Å²) in [5, 5.41) is 11.7. The number of nitrogens with one attached hydrogen (secondary N) is 1. The van der Waals surface area contributed by atoms with E-state index >= 15 is 0 Å². The van der Waals surface area contributed by atoms with E-state index in [-0.39, 0.29) is 0 Å². The van der Waals surface area contributed by atoms with Gasteiger partial charge in [0.05, 0.1) is 0 Å². The molecule has 0 aromatic rings. The molecular formula is C15H25NO4. The molecule has 2 fully saturated rings. The van der Waals surface area contributed by atoms with Crippen molar-refractivity contribution in [2.75, 3.05) is 0 Å². The quantitative estimate of drug-likeness (QED) is 0.831. The number of aliphatic carboxylic acids is 1. The fraction of sp³-hybridized carbons (Fsp3) is 0.867. The summed E-state index contributed by atoms with van der Waals surface area (Å²) in [4.78, 5) is 22.9. The van der Waals surface area contributed by atoms with E-state index in [2.05, 4.69) is 5.32 Å². The fourth-order valence-corrected chi connectivity index (χ4v) is 3.42. The highest BCUT2D eigenvalue weighted by molar-refractivity contribution is 5.80. The number of hydrogen-bond donors (Lipinski definition) is 2. The molecule has 0 bridgehead atoms. The third-order valence-electron chi connectivity index (χ3n) is 4.42. The van der Waals surface area contributed by atoms with E-state index in [1.54, 1.807) is 20.8 Å². The molecule has 5 nitrogen and oxygen atoms in total. The van der Waals surface area contributed by atoms with Crippen LogP contribution in [0.2, 0.25) is 0 Å². The SMILES string of the molecule is CC(C)(C)OC(=O)N[C@@H](CC1CC2(CCC2)C1)C(=O)O. The average molecular weight is 283 g/mol. The summed E-state index contributed by atoms with van der Waals surface area (Å²) >= 11 is 0. The van der Waals surface area contributed by atoms with Crippen molar-refractivity contribution in [1.29, 1.82) is 0 Å². The van der Waals surface area contributed by atoms with E-state index in [0.29, 0.717) is 17.8 Å². The Morgan fingerprint density at radius 2 is 1.95 bits per heavy atom. The minimum atomic E-state index is -0.981. The maximum atomic E-state index is 11.7. The first kappa shape index (κ1) is 15.1. The van der Waals surface area contributed by atoms with Gasteiger partial charge in [-0.15, -0.1) is 0 Å². The Labute approximate surface area is 120 Å². The van der Waals surface area contributed by atoms with E-state index in [1.807, 2.05) is 0 Å². The second kappa shape index (κ2) is 5.26. The molecule has 0 radical (unpaired) electrons. The van der Waals surface area contributed by atoms with Gasteiger partial charge in [0.2, 0.25) is 0 Å². The van der Waals surface area contributed by atoms with Crippen molar-refractivity contribution in [3.8, 4) is 0 Å². The summed E-state index contributed by atoms with van der Waals surface area (Å²) in [7, 11) is 0. The van der Waals surface area contributed by atoms with Crippen molar-refractivity contribution in [2.45, 2.75) is 70.9 Å². The summed E-state index contributed by atoms with van der Waals surface area (Å²) in [5.41, 5.74) is -0.0841. The molecule has 0 aliphatic heterocycles. The van der Waals surface area contributed by atoms with Crippen molar-refractivity contribution in [1.82, 2.24) is 5.32 Å². The predicted octanol–water partition coefficient (Wildman–Crippen LogP) is 2.93. The normalized spacial score (nSPS) is 22.6. The van der Waals surface area contributed by atoms with Gasteiger partial charge in [-0.3, -0.25) is 0 Å². The van der Waals surface area contributed by atoms with Crippen molar-refractivity contribution in [3.63, 3.8) is 0 Å². The highest BCUT2D eigenvalue weighted by Crippen LogP contribution is 2.59. The van der Waals surface area contributed by atoms with Crippen LogP contribution in [0.25, 0.3) is 0 Å². The molecule has 0 saturated heterocycles. The largest absolute Gasteiger partial charge is 0.480 e. The summed E-state index contributed by atoms with van der Waals surface area (Å²) in [6.07, 6.45) is 5.99. The molecule has 0 heterocycles. The van der Waals surface area contributed by atoms with Crippen LogP contribution in [0, 0.1) is 11.3 Å². The van der Waals surface area contributed by atoms with Crippen LogP contribution in [0.3, 0.4) is 0 Å². The first-order valence-electron chi connectivity index (χ1n) is 7.41. The Morgan fingerprint density at radius 1 is 1.35 bits per heavy atom. The van der Waals surface area contributed by atoms with Gasteiger partial charge in [0.1, 0.15) is 11.6 Å². The number of carboxylic acid groups (broad SMARTS) is 1. The van der Waals surface area contributed by atoms with Crippen LogP contribution in [-0.2, 0) is 9.53 Å². The maximum Gasteiger partial charge on any atom is 0.408 e. The summed E-state index contributed by atoms with van der Waals surface area (Å²) in [5.74, 6) is -0.559. The summed E-state index contributed by atoms with van der Waals surface area (Å²) in [6, 6.07) is -0.840. The van der Waals surface area contributed by atoms with E-state index < -0.39 is 23.7 Å². The highest BCUT2D eigenvalue weighted by Gasteiger charge is 2.48. The fourth-order valence-electron chi connectivity index (χ4n) is 3.42. The molecule has 2 saturated carbocycles. The Balaban J connectivity index is 1.79. The van der Waals surface area contributed by atoms with Gasteiger partial charge in [-0.2, -0.15) is 0 Å². The number of ether oxygens (including phenoxy) is 1. The first-order chi connectivity index (χ1) is 9.19. The van der Waals surface area contributed by atoms with Gasteiger partial charge in [-0.05, 0) is 64.2 Å². The Hall–Kier alpha value is -1.26. The lowest BCUT2D eigenvalue weighted by Crippen LogP contribution is -2.49. The van der Waals surface area contributed by atoms with Crippen LogP contribution in [0.1, 0.15) is 59.3 Å².